The van der Waals surface area contributed by atoms with Gasteiger partial charge in [0.1, 0.15) is 11.5 Å². The van der Waals surface area contributed by atoms with Gasteiger partial charge in [-0.05, 0) is 12.1 Å². The molecule has 1 heterocycles. The molecule has 0 atom stereocenters. The van der Waals surface area contributed by atoms with Crippen LogP contribution in [0.5, 0.6) is 11.5 Å². The number of nitrogens with one attached hydrogen (secondary N) is 1. The van der Waals surface area contributed by atoms with Crippen LogP contribution in [0.25, 0.3) is 11.4 Å². The summed E-state index contributed by atoms with van der Waals surface area (Å²) in [6.45, 7) is 4.05. The molecule has 0 spiro atoms. The van der Waals surface area contributed by atoms with Gasteiger partial charge in [-0.1, -0.05) is 30.0 Å². The van der Waals surface area contributed by atoms with E-state index in [0.29, 0.717) is 28.7 Å². The number of nitro benzene ring substituents is 1. The van der Waals surface area contributed by atoms with Gasteiger partial charge in [0.05, 0.1) is 16.9 Å². The fourth-order valence-electron chi connectivity index (χ4n) is 2.64. The first-order valence-corrected chi connectivity index (χ1v) is 10.1. The van der Waals surface area contributed by atoms with Crippen molar-refractivity contribution in [3.63, 3.8) is 0 Å². The molecular weight excluding hydrogens is 436 g/mol. The van der Waals surface area contributed by atoms with Crippen molar-refractivity contribution in [1.82, 2.24) is 20.2 Å². The number of rotatable bonds is 9. The number of nitro groups is 1. The maximum atomic E-state index is 12.1. The Balaban J connectivity index is 1.67. The topological polar surface area (TPSA) is 156 Å². The molecule has 0 radical (unpaired) electrons. The van der Waals surface area contributed by atoms with Crippen molar-refractivity contribution in [2.75, 3.05) is 5.75 Å². The maximum absolute atomic E-state index is 12.1. The zero-order chi connectivity index (χ0) is 23.1. The minimum Gasteiger partial charge on any atom is -0.508 e. The number of aromatic hydroxyl groups is 2. The third-order valence-corrected chi connectivity index (χ3v) is 5.05. The molecule has 0 unspecified atom stereocenters. The Labute approximate surface area is 186 Å². The van der Waals surface area contributed by atoms with Crippen LogP contribution in [0.3, 0.4) is 0 Å². The van der Waals surface area contributed by atoms with Crippen molar-refractivity contribution in [1.29, 1.82) is 0 Å². The predicted molar refractivity (Wildman–Crippen MR) is 119 cm³/mol. The molecule has 11 nitrogen and oxygen atoms in total. The summed E-state index contributed by atoms with van der Waals surface area (Å²) >= 11 is 1.11. The zero-order valence-electron chi connectivity index (χ0n) is 16.6. The number of benzene rings is 2. The molecule has 3 rings (SSSR count). The van der Waals surface area contributed by atoms with Gasteiger partial charge in [0.25, 0.3) is 11.6 Å². The lowest BCUT2D eigenvalue weighted by Crippen LogP contribution is -2.20. The Hall–Kier alpha value is -4.19. The van der Waals surface area contributed by atoms with E-state index >= 15 is 0 Å². The number of phenols is 2. The second-order valence-corrected chi connectivity index (χ2v) is 7.28. The second-order valence-electron chi connectivity index (χ2n) is 6.34. The van der Waals surface area contributed by atoms with Gasteiger partial charge in [-0.25, -0.2) is 5.43 Å². The molecule has 12 heteroatoms. The van der Waals surface area contributed by atoms with Crippen LogP contribution < -0.4 is 5.43 Å². The number of non-ortho nitro benzene ring substituents is 1. The van der Waals surface area contributed by atoms with E-state index in [1.807, 2.05) is 0 Å². The van der Waals surface area contributed by atoms with E-state index in [-0.39, 0.29) is 22.9 Å². The van der Waals surface area contributed by atoms with Crippen LogP contribution in [-0.4, -0.2) is 47.8 Å². The number of carbonyl (C=O) groups is 1. The summed E-state index contributed by atoms with van der Waals surface area (Å²) in [5, 5.41) is 42.4. The molecule has 1 amide bonds. The van der Waals surface area contributed by atoms with E-state index < -0.39 is 10.8 Å². The molecule has 0 aliphatic heterocycles. The fraction of sp³-hybridized carbons (Fsp3) is 0.100. The van der Waals surface area contributed by atoms with E-state index in [1.165, 1.54) is 30.5 Å². The van der Waals surface area contributed by atoms with Gasteiger partial charge >= 0.3 is 0 Å². The molecule has 3 N–H and O–H groups in total. The molecule has 0 saturated carbocycles. The van der Waals surface area contributed by atoms with Gasteiger partial charge in [-0.3, -0.25) is 19.5 Å². The molecular formula is C20H18N6O5S. The number of hydrogen-bond donors (Lipinski definition) is 3. The fourth-order valence-corrected chi connectivity index (χ4v) is 3.38. The molecule has 3 aromatic rings. The lowest BCUT2D eigenvalue weighted by atomic mass is 10.2. The highest BCUT2D eigenvalue weighted by Crippen LogP contribution is 2.26. The molecule has 0 fully saturated rings. The highest BCUT2D eigenvalue weighted by molar-refractivity contribution is 7.99. The predicted octanol–water partition coefficient (Wildman–Crippen LogP) is 2.69. The molecule has 32 heavy (non-hydrogen) atoms. The Morgan fingerprint density at radius 2 is 2.09 bits per heavy atom. The number of aromatic nitrogens is 3. The number of carbonyl (C=O) groups excluding carboxylic acids is 1. The van der Waals surface area contributed by atoms with Crippen LogP contribution >= 0.6 is 11.8 Å². The minimum atomic E-state index is -0.490. The standard InChI is InChI=1S/C20H18N6O5S/c1-2-8-25-19(13-4-3-5-15(9-13)26(30)31)23-24-20(25)32-12-18(29)22-21-11-14-6-7-16(27)10-17(14)28/h2-7,9-11,27-28H,1,8,12H2,(H,22,29). The quantitative estimate of drug-likeness (QED) is 0.146. The van der Waals surface area contributed by atoms with Crippen LogP contribution in [0.15, 0.2) is 65.4 Å². The molecule has 2 aromatic carbocycles. The average molecular weight is 454 g/mol. The molecule has 164 valence electrons. The summed E-state index contributed by atoms with van der Waals surface area (Å²) < 4.78 is 1.70. The van der Waals surface area contributed by atoms with E-state index in [1.54, 1.807) is 22.8 Å². The van der Waals surface area contributed by atoms with Crippen molar-refractivity contribution in [3.8, 4) is 22.9 Å². The number of amides is 1. The van der Waals surface area contributed by atoms with Crippen LogP contribution in [0, 0.1) is 10.1 Å². The van der Waals surface area contributed by atoms with Gasteiger partial charge in [-0.15, -0.1) is 16.8 Å². The Morgan fingerprint density at radius 1 is 1.28 bits per heavy atom. The number of hydrogen-bond acceptors (Lipinski definition) is 9. The van der Waals surface area contributed by atoms with Gasteiger partial charge < -0.3 is 10.2 Å². The zero-order valence-corrected chi connectivity index (χ0v) is 17.4. The SMILES string of the molecule is C=CCn1c(SCC(=O)NN=Cc2ccc(O)cc2O)nnc1-c1cccc([N+](=O)[O-])c1. The lowest BCUT2D eigenvalue weighted by molar-refractivity contribution is -0.384. The van der Waals surface area contributed by atoms with Crippen molar-refractivity contribution in [2.24, 2.45) is 5.10 Å². The number of thioether (sulfide) groups is 1. The van der Waals surface area contributed by atoms with Crippen LogP contribution in [0.4, 0.5) is 5.69 Å². The molecule has 0 aliphatic carbocycles. The van der Waals surface area contributed by atoms with E-state index in [0.717, 1.165) is 17.8 Å². The first-order valence-electron chi connectivity index (χ1n) is 9.14. The second kappa shape index (κ2) is 10.2. The summed E-state index contributed by atoms with van der Waals surface area (Å²) in [4.78, 5) is 22.7. The smallest absolute Gasteiger partial charge is 0.270 e. The van der Waals surface area contributed by atoms with Crippen molar-refractivity contribution in [3.05, 3.63) is 70.8 Å². The Morgan fingerprint density at radius 3 is 2.81 bits per heavy atom. The maximum Gasteiger partial charge on any atom is 0.270 e. The van der Waals surface area contributed by atoms with Crippen molar-refractivity contribution < 1.29 is 19.9 Å². The normalized spacial score (nSPS) is 10.9. The van der Waals surface area contributed by atoms with Crippen molar-refractivity contribution >= 4 is 29.6 Å². The summed E-state index contributed by atoms with van der Waals surface area (Å²) in [6, 6.07) is 10.0. The van der Waals surface area contributed by atoms with E-state index in [4.69, 9.17) is 0 Å². The number of phenolic OH excluding ortho intramolecular Hbond substituents is 2. The third-order valence-electron chi connectivity index (χ3n) is 4.08. The van der Waals surface area contributed by atoms with Crippen LogP contribution in [0.1, 0.15) is 5.56 Å². The van der Waals surface area contributed by atoms with Crippen LogP contribution in [-0.2, 0) is 11.3 Å². The van der Waals surface area contributed by atoms with Gasteiger partial charge in [0.15, 0.2) is 11.0 Å². The summed E-state index contributed by atoms with van der Waals surface area (Å²) in [7, 11) is 0. The van der Waals surface area contributed by atoms with Gasteiger partial charge in [-0.2, -0.15) is 5.10 Å². The summed E-state index contributed by atoms with van der Waals surface area (Å²) in [5.41, 5.74) is 3.11. The minimum absolute atomic E-state index is 0.0247. The third kappa shape index (κ3) is 5.49. The Kier molecular flexibility index (Phi) is 7.18. The first kappa shape index (κ1) is 22.5. The molecule has 0 saturated heterocycles. The monoisotopic (exact) mass is 454 g/mol. The lowest BCUT2D eigenvalue weighted by Gasteiger charge is -2.07. The number of allylic oxidation sites excluding steroid dienone is 1. The average Bonchev–Trinajstić information content (AvgIpc) is 3.17. The Bertz CT molecular complexity index is 1190. The molecule has 1 aromatic heterocycles. The summed E-state index contributed by atoms with van der Waals surface area (Å²) in [5.74, 6) is -0.299. The highest BCUT2D eigenvalue weighted by atomic mass is 32.2. The highest BCUT2D eigenvalue weighted by Gasteiger charge is 2.17. The van der Waals surface area contributed by atoms with Gasteiger partial charge in [0, 0.05) is 35.9 Å². The van der Waals surface area contributed by atoms with Crippen LogP contribution in [0.2, 0.25) is 0 Å². The van der Waals surface area contributed by atoms with Crippen molar-refractivity contribution in [2.45, 2.75) is 11.7 Å². The molecule has 0 aliphatic rings. The summed E-state index contributed by atoms with van der Waals surface area (Å²) in [6.07, 6.45) is 2.88. The number of nitrogens with zero attached hydrogens (tertiary/aromatic N) is 5. The largest absolute Gasteiger partial charge is 0.508 e. The first-order chi connectivity index (χ1) is 15.4. The van der Waals surface area contributed by atoms with E-state index in [9.17, 15) is 25.1 Å². The molecule has 0 bridgehead atoms. The van der Waals surface area contributed by atoms with Gasteiger partial charge in [0.2, 0.25) is 0 Å². The van der Waals surface area contributed by atoms with E-state index in [2.05, 4.69) is 27.3 Å². The number of hydrazone groups is 1.